The van der Waals surface area contributed by atoms with Gasteiger partial charge >= 0.3 is 18.1 Å². The third kappa shape index (κ3) is 6.62. The van der Waals surface area contributed by atoms with Crippen LogP contribution in [-0.2, 0) is 29.1 Å². The van der Waals surface area contributed by atoms with Crippen molar-refractivity contribution >= 4 is 52.6 Å². The van der Waals surface area contributed by atoms with Crippen molar-refractivity contribution in [2.24, 2.45) is 0 Å². The highest BCUT2D eigenvalue weighted by Gasteiger charge is 2.69. The van der Waals surface area contributed by atoms with E-state index in [1.165, 1.54) is 37.4 Å². The fraction of sp³-hybridized carbons (Fsp3) is 0.457. The summed E-state index contributed by atoms with van der Waals surface area (Å²) in [6, 6.07) is 11.0. The van der Waals surface area contributed by atoms with Crippen molar-refractivity contribution in [3.63, 3.8) is 0 Å². The standard InChI is InChI=1S/C35H43N7O6S2/c1-4-38(32(45)36-17-10-18-37(2)3)30(43)27-15-16-29-35(48)40(23-26-14-9-20-50-26)33(46)39(22-25-13-8-19-49-25)34(47)42(35)28(31(44)41(27)29)21-24-11-6-5-7-12-24/h5-9,11-14,19-20,27-29,48H,4,10,15-18,21-23H2,1-3H3,(H,36,45)/t27-,28+,29+,35?/m0/s1. The molecular weight excluding hydrogens is 679 g/mol. The Balaban J connectivity index is 1.39. The van der Waals surface area contributed by atoms with Gasteiger partial charge in [-0.3, -0.25) is 24.3 Å². The molecule has 266 valence electrons. The van der Waals surface area contributed by atoms with Crippen molar-refractivity contribution in [2.45, 2.75) is 69.7 Å². The minimum atomic E-state index is -2.28. The lowest BCUT2D eigenvalue weighted by Crippen LogP contribution is -2.85. The van der Waals surface area contributed by atoms with Crippen LogP contribution in [0.2, 0.25) is 0 Å². The largest absolute Gasteiger partial charge is 0.352 e. The first-order valence-corrected chi connectivity index (χ1v) is 18.6. The van der Waals surface area contributed by atoms with Gasteiger partial charge in [-0.05, 0) is 75.3 Å². The van der Waals surface area contributed by atoms with E-state index in [1.54, 1.807) is 6.92 Å². The Hall–Kier alpha value is -4.31. The maximum Gasteiger partial charge on any atom is 0.332 e. The Morgan fingerprint density at radius 3 is 2.24 bits per heavy atom. The van der Waals surface area contributed by atoms with Crippen LogP contribution in [0.3, 0.4) is 0 Å². The molecule has 0 aliphatic carbocycles. The fourth-order valence-corrected chi connectivity index (χ4v) is 8.60. The fourth-order valence-electron chi connectivity index (χ4n) is 7.21. The number of aliphatic hydroxyl groups is 1. The number of likely N-dealkylation sites (N-methyl/N-ethyl adjacent to an activating group) is 1. The van der Waals surface area contributed by atoms with Gasteiger partial charge in [-0.25, -0.2) is 19.3 Å². The molecule has 0 saturated carbocycles. The van der Waals surface area contributed by atoms with Gasteiger partial charge in [-0.15, -0.1) is 22.7 Å². The van der Waals surface area contributed by atoms with Crippen LogP contribution in [0.1, 0.15) is 41.5 Å². The van der Waals surface area contributed by atoms with Crippen LogP contribution in [0.25, 0.3) is 0 Å². The van der Waals surface area contributed by atoms with E-state index in [4.69, 9.17) is 0 Å². The molecule has 1 unspecified atom stereocenters. The Morgan fingerprint density at radius 1 is 0.940 bits per heavy atom. The average Bonchev–Trinajstić information content (AvgIpc) is 3.90. The number of carbonyl (C=O) groups excluding carboxylic acids is 5. The highest BCUT2D eigenvalue weighted by molar-refractivity contribution is 7.10. The van der Waals surface area contributed by atoms with Crippen LogP contribution in [0.4, 0.5) is 14.4 Å². The van der Waals surface area contributed by atoms with Crippen molar-refractivity contribution < 1.29 is 29.1 Å². The minimum absolute atomic E-state index is 0.0244. The second-order valence-electron chi connectivity index (χ2n) is 13.0. The Kier molecular flexibility index (Phi) is 10.6. The van der Waals surface area contributed by atoms with E-state index in [9.17, 15) is 29.1 Å². The van der Waals surface area contributed by atoms with Gasteiger partial charge in [-0.1, -0.05) is 42.5 Å². The first kappa shape index (κ1) is 35.5. The average molecular weight is 722 g/mol. The predicted molar refractivity (Wildman–Crippen MR) is 189 cm³/mol. The molecule has 6 rings (SSSR count). The van der Waals surface area contributed by atoms with Crippen molar-refractivity contribution in [1.29, 1.82) is 0 Å². The van der Waals surface area contributed by atoms with Crippen molar-refractivity contribution in [3.05, 3.63) is 80.7 Å². The molecule has 2 aromatic heterocycles. The van der Waals surface area contributed by atoms with Gasteiger partial charge in [0, 0.05) is 29.3 Å². The number of imide groups is 2. The maximum atomic E-state index is 14.8. The quantitative estimate of drug-likeness (QED) is 0.272. The summed E-state index contributed by atoms with van der Waals surface area (Å²) in [6.07, 6.45) is 0.996. The van der Waals surface area contributed by atoms with Crippen molar-refractivity contribution in [2.75, 3.05) is 33.7 Å². The maximum absolute atomic E-state index is 14.8. The van der Waals surface area contributed by atoms with Gasteiger partial charge < -0.3 is 20.2 Å². The molecule has 13 nitrogen and oxygen atoms in total. The lowest BCUT2D eigenvalue weighted by molar-refractivity contribution is -0.258. The topological polar surface area (TPSA) is 137 Å². The Bertz CT molecular complexity index is 1690. The third-order valence-corrected chi connectivity index (χ3v) is 11.3. The molecule has 3 aromatic rings. The van der Waals surface area contributed by atoms with Gasteiger partial charge in [0.15, 0.2) is 0 Å². The monoisotopic (exact) mass is 721 g/mol. The molecule has 0 radical (unpaired) electrons. The van der Waals surface area contributed by atoms with E-state index in [0.717, 1.165) is 31.7 Å². The number of thiophene rings is 2. The van der Waals surface area contributed by atoms with E-state index in [2.05, 4.69) is 5.32 Å². The van der Waals surface area contributed by atoms with E-state index >= 15 is 0 Å². The van der Waals surface area contributed by atoms with E-state index < -0.39 is 53.9 Å². The van der Waals surface area contributed by atoms with E-state index in [0.29, 0.717) is 13.0 Å². The molecule has 3 fully saturated rings. The van der Waals surface area contributed by atoms with Gasteiger partial charge in [0.05, 0.1) is 13.1 Å². The predicted octanol–water partition coefficient (Wildman–Crippen LogP) is 3.81. The summed E-state index contributed by atoms with van der Waals surface area (Å²) < 4.78 is 0. The zero-order chi connectivity index (χ0) is 35.6. The number of rotatable bonds is 12. The molecule has 4 atom stereocenters. The molecule has 0 spiro atoms. The summed E-state index contributed by atoms with van der Waals surface area (Å²) in [6.45, 7) is 2.84. The number of carbonyl (C=O) groups is 5. The molecular formula is C35H43N7O6S2. The second kappa shape index (κ2) is 14.9. The lowest BCUT2D eigenvalue weighted by atomic mass is 9.93. The smallest absolute Gasteiger partial charge is 0.332 e. The number of amides is 8. The number of piperazine rings is 1. The summed E-state index contributed by atoms with van der Waals surface area (Å²) >= 11 is 2.80. The zero-order valence-electron chi connectivity index (χ0n) is 28.4. The number of benzene rings is 1. The molecule has 1 aromatic carbocycles. The van der Waals surface area contributed by atoms with Crippen LogP contribution >= 0.6 is 22.7 Å². The lowest BCUT2D eigenvalue weighted by Gasteiger charge is -2.61. The molecule has 50 heavy (non-hydrogen) atoms. The molecule has 3 saturated heterocycles. The normalized spacial score (nSPS) is 23.4. The van der Waals surface area contributed by atoms with Crippen molar-refractivity contribution in [1.82, 2.24) is 34.7 Å². The van der Waals surface area contributed by atoms with Crippen molar-refractivity contribution in [3.8, 4) is 0 Å². The highest BCUT2D eigenvalue weighted by Crippen LogP contribution is 2.46. The molecule has 3 aliphatic rings. The summed E-state index contributed by atoms with van der Waals surface area (Å²) in [7, 11) is 3.87. The third-order valence-electron chi connectivity index (χ3n) is 9.56. The molecule has 8 amide bonds. The van der Waals surface area contributed by atoms with Gasteiger partial charge in [0.2, 0.25) is 11.8 Å². The summed E-state index contributed by atoms with van der Waals surface area (Å²) in [5.41, 5.74) is 0.736. The number of hydrogen-bond acceptors (Lipinski definition) is 9. The van der Waals surface area contributed by atoms with Gasteiger partial charge in [-0.2, -0.15) is 0 Å². The van der Waals surface area contributed by atoms with E-state index in [1.807, 2.05) is 84.4 Å². The number of urea groups is 3. The number of nitrogens with one attached hydrogen (secondary N) is 1. The number of nitrogens with zero attached hydrogens (tertiary/aromatic N) is 6. The van der Waals surface area contributed by atoms with E-state index in [-0.39, 0.29) is 38.9 Å². The highest BCUT2D eigenvalue weighted by atomic mass is 32.1. The molecule has 0 bridgehead atoms. The SMILES string of the molecule is CCN(C(=O)NCCCN(C)C)C(=O)[C@@H]1CC[C@H]2N1C(=O)[C@@H](Cc1ccccc1)N1C(=O)N(Cc3cccs3)C(=O)N(Cc3cccs3)C21O. The first-order chi connectivity index (χ1) is 24.1. The minimum Gasteiger partial charge on any atom is -0.352 e. The Morgan fingerprint density at radius 2 is 1.62 bits per heavy atom. The Labute approximate surface area is 299 Å². The van der Waals surface area contributed by atoms with Crippen LogP contribution in [0.15, 0.2) is 65.4 Å². The van der Waals surface area contributed by atoms with Crippen LogP contribution in [0.5, 0.6) is 0 Å². The van der Waals surface area contributed by atoms with Crippen LogP contribution in [-0.4, -0.2) is 122 Å². The molecule has 2 N–H and O–H groups in total. The number of hydrogen-bond donors (Lipinski definition) is 2. The van der Waals surface area contributed by atoms with Crippen LogP contribution < -0.4 is 5.32 Å². The second-order valence-corrected chi connectivity index (χ2v) is 15.0. The molecule has 3 aliphatic heterocycles. The summed E-state index contributed by atoms with van der Waals surface area (Å²) in [4.78, 5) is 80.8. The zero-order valence-corrected chi connectivity index (χ0v) is 30.1. The summed E-state index contributed by atoms with van der Waals surface area (Å²) in [5.74, 6) is -3.36. The molecule has 15 heteroatoms. The van der Waals surface area contributed by atoms with Gasteiger partial charge in [0.1, 0.15) is 18.1 Å². The number of fused-ring (bicyclic) bond motifs is 3. The molecule has 5 heterocycles. The first-order valence-electron chi connectivity index (χ1n) is 16.9. The summed E-state index contributed by atoms with van der Waals surface area (Å²) in [5, 5.41) is 19.6. The van der Waals surface area contributed by atoms with Gasteiger partial charge in [0.25, 0.3) is 5.91 Å². The van der Waals surface area contributed by atoms with Crippen LogP contribution in [0, 0.1) is 0 Å².